The van der Waals surface area contributed by atoms with Crippen LogP contribution in [0.4, 0.5) is 0 Å². The van der Waals surface area contributed by atoms with E-state index in [-0.39, 0.29) is 18.6 Å². The van der Waals surface area contributed by atoms with Gasteiger partial charge in [0.25, 0.3) is 5.91 Å². The van der Waals surface area contributed by atoms with Crippen LogP contribution in [0.2, 0.25) is 5.02 Å². The van der Waals surface area contributed by atoms with Crippen molar-refractivity contribution in [1.82, 2.24) is 15.1 Å². The standard InChI is InChI=1S/C22H24ClN3O3/c1-14(20-12-24-26(3)15(20)2)25-22(27)16-5-10-21(28-4)17(11-16)13-29-19-8-6-18(23)7-9-19/h5-12,14H,13H2,1-4H3,(H,25,27). The molecule has 0 saturated heterocycles. The molecule has 0 spiro atoms. The van der Waals surface area contributed by atoms with Crippen molar-refractivity contribution in [2.75, 3.05) is 7.11 Å². The van der Waals surface area contributed by atoms with E-state index in [1.165, 1.54) is 0 Å². The maximum atomic E-state index is 12.8. The van der Waals surface area contributed by atoms with Crippen LogP contribution in [0.3, 0.4) is 0 Å². The highest BCUT2D eigenvalue weighted by Gasteiger charge is 2.17. The third-order valence-corrected chi connectivity index (χ3v) is 5.09. The van der Waals surface area contributed by atoms with Crippen molar-refractivity contribution in [3.8, 4) is 11.5 Å². The molecule has 1 aromatic heterocycles. The predicted molar refractivity (Wildman–Crippen MR) is 113 cm³/mol. The minimum absolute atomic E-state index is 0.160. The molecular formula is C22H24ClN3O3. The Morgan fingerprint density at radius 3 is 2.59 bits per heavy atom. The number of aryl methyl sites for hydroxylation is 1. The van der Waals surface area contributed by atoms with Crippen molar-refractivity contribution in [3.05, 3.63) is 76.1 Å². The van der Waals surface area contributed by atoms with Crippen molar-refractivity contribution < 1.29 is 14.3 Å². The van der Waals surface area contributed by atoms with Crippen LogP contribution in [0.1, 0.15) is 40.1 Å². The zero-order valence-corrected chi connectivity index (χ0v) is 17.7. The average Bonchev–Trinajstić information content (AvgIpc) is 3.06. The largest absolute Gasteiger partial charge is 0.496 e. The predicted octanol–water partition coefficient (Wildman–Crippen LogP) is 4.46. The van der Waals surface area contributed by atoms with Crippen LogP contribution in [0.25, 0.3) is 0 Å². The first-order chi connectivity index (χ1) is 13.9. The van der Waals surface area contributed by atoms with Gasteiger partial charge in [0, 0.05) is 34.5 Å². The van der Waals surface area contributed by atoms with E-state index in [1.54, 1.807) is 60.5 Å². The molecule has 29 heavy (non-hydrogen) atoms. The molecule has 0 aliphatic carbocycles. The number of rotatable bonds is 7. The molecule has 152 valence electrons. The van der Waals surface area contributed by atoms with E-state index in [1.807, 2.05) is 20.9 Å². The molecule has 1 N–H and O–H groups in total. The van der Waals surface area contributed by atoms with Crippen LogP contribution in [-0.2, 0) is 13.7 Å². The van der Waals surface area contributed by atoms with Crippen LogP contribution in [0.5, 0.6) is 11.5 Å². The maximum absolute atomic E-state index is 12.8. The van der Waals surface area contributed by atoms with Crippen molar-refractivity contribution >= 4 is 17.5 Å². The molecule has 1 atom stereocenters. The number of ether oxygens (including phenoxy) is 2. The lowest BCUT2D eigenvalue weighted by molar-refractivity contribution is 0.0939. The quantitative estimate of drug-likeness (QED) is 0.621. The first-order valence-electron chi connectivity index (χ1n) is 9.23. The summed E-state index contributed by atoms with van der Waals surface area (Å²) in [6, 6.07) is 12.3. The molecule has 3 rings (SSSR count). The fourth-order valence-corrected chi connectivity index (χ4v) is 3.15. The summed E-state index contributed by atoms with van der Waals surface area (Å²) in [5.41, 5.74) is 3.32. The molecule has 0 bridgehead atoms. The van der Waals surface area contributed by atoms with Gasteiger partial charge in [0.1, 0.15) is 18.1 Å². The Morgan fingerprint density at radius 1 is 1.24 bits per heavy atom. The minimum atomic E-state index is -0.170. The smallest absolute Gasteiger partial charge is 0.251 e. The number of methoxy groups -OCH3 is 1. The van der Waals surface area contributed by atoms with Gasteiger partial charge in [0.05, 0.1) is 19.3 Å². The number of halogens is 1. The van der Waals surface area contributed by atoms with E-state index in [9.17, 15) is 4.79 Å². The monoisotopic (exact) mass is 413 g/mol. The van der Waals surface area contributed by atoms with Gasteiger partial charge in [-0.05, 0) is 56.3 Å². The topological polar surface area (TPSA) is 65.4 Å². The number of hydrogen-bond donors (Lipinski definition) is 1. The molecule has 1 amide bonds. The van der Waals surface area contributed by atoms with Crippen molar-refractivity contribution in [2.24, 2.45) is 7.05 Å². The Morgan fingerprint density at radius 2 is 1.97 bits per heavy atom. The fourth-order valence-electron chi connectivity index (χ4n) is 3.02. The summed E-state index contributed by atoms with van der Waals surface area (Å²) in [6.07, 6.45) is 1.78. The summed E-state index contributed by atoms with van der Waals surface area (Å²) in [6.45, 7) is 4.18. The highest BCUT2D eigenvalue weighted by atomic mass is 35.5. The molecule has 1 unspecified atom stereocenters. The lowest BCUT2D eigenvalue weighted by Crippen LogP contribution is -2.27. The van der Waals surface area contributed by atoms with Crippen molar-refractivity contribution in [3.63, 3.8) is 0 Å². The van der Waals surface area contributed by atoms with Crippen LogP contribution in [0.15, 0.2) is 48.7 Å². The fraction of sp³-hybridized carbons (Fsp3) is 0.273. The summed E-state index contributed by atoms with van der Waals surface area (Å²) in [5, 5.41) is 7.90. The average molecular weight is 414 g/mol. The SMILES string of the molecule is COc1ccc(C(=O)NC(C)c2cnn(C)c2C)cc1COc1ccc(Cl)cc1. The third-order valence-electron chi connectivity index (χ3n) is 4.84. The molecule has 0 aliphatic heterocycles. The van der Waals surface area contributed by atoms with Gasteiger partial charge in [-0.2, -0.15) is 5.10 Å². The van der Waals surface area contributed by atoms with Crippen LogP contribution in [0, 0.1) is 6.92 Å². The summed E-state index contributed by atoms with van der Waals surface area (Å²) >= 11 is 5.90. The molecule has 3 aromatic rings. The molecule has 1 heterocycles. The second-order valence-corrected chi connectivity index (χ2v) is 7.21. The molecule has 0 aliphatic rings. The molecule has 7 heteroatoms. The van der Waals surface area contributed by atoms with Crippen molar-refractivity contribution in [2.45, 2.75) is 26.5 Å². The summed E-state index contributed by atoms with van der Waals surface area (Å²) in [4.78, 5) is 12.8. The lowest BCUT2D eigenvalue weighted by atomic mass is 10.1. The second-order valence-electron chi connectivity index (χ2n) is 6.77. The Balaban J connectivity index is 1.73. The van der Waals surface area contributed by atoms with E-state index < -0.39 is 0 Å². The zero-order chi connectivity index (χ0) is 21.0. The molecular weight excluding hydrogens is 390 g/mol. The van der Waals surface area contributed by atoms with Crippen molar-refractivity contribution in [1.29, 1.82) is 0 Å². The Bertz CT molecular complexity index is 999. The minimum Gasteiger partial charge on any atom is -0.496 e. The highest BCUT2D eigenvalue weighted by Crippen LogP contribution is 2.24. The zero-order valence-electron chi connectivity index (χ0n) is 16.9. The van der Waals surface area contributed by atoms with E-state index in [2.05, 4.69) is 10.4 Å². The van der Waals surface area contributed by atoms with Gasteiger partial charge in [-0.15, -0.1) is 0 Å². The Hall–Kier alpha value is -2.99. The number of aromatic nitrogens is 2. The maximum Gasteiger partial charge on any atom is 0.251 e. The molecule has 6 nitrogen and oxygen atoms in total. The van der Waals surface area contributed by atoms with Gasteiger partial charge < -0.3 is 14.8 Å². The van der Waals surface area contributed by atoms with E-state index in [4.69, 9.17) is 21.1 Å². The van der Waals surface area contributed by atoms with Crippen LogP contribution >= 0.6 is 11.6 Å². The normalized spacial score (nSPS) is 11.8. The van der Waals surface area contributed by atoms with Gasteiger partial charge in [-0.25, -0.2) is 0 Å². The summed E-state index contributed by atoms with van der Waals surface area (Å²) < 4.78 is 13.0. The third kappa shape index (κ3) is 4.90. The Kier molecular flexibility index (Phi) is 6.44. The first-order valence-corrected chi connectivity index (χ1v) is 9.61. The van der Waals surface area contributed by atoms with Gasteiger partial charge in [0.2, 0.25) is 0 Å². The number of nitrogens with zero attached hydrogens (tertiary/aromatic N) is 2. The first kappa shape index (κ1) is 20.7. The molecule has 2 aromatic carbocycles. The van der Waals surface area contributed by atoms with Gasteiger partial charge in [-0.3, -0.25) is 9.48 Å². The van der Waals surface area contributed by atoms with Gasteiger partial charge in [0.15, 0.2) is 0 Å². The number of carbonyl (C=O) groups is 1. The van der Waals surface area contributed by atoms with Crippen LogP contribution < -0.4 is 14.8 Å². The van der Waals surface area contributed by atoms with E-state index in [0.29, 0.717) is 22.1 Å². The molecule has 0 fully saturated rings. The number of carbonyl (C=O) groups excluding carboxylic acids is 1. The Labute approximate surface area is 175 Å². The highest BCUT2D eigenvalue weighted by molar-refractivity contribution is 6.30. The van der Waals surface area contributed by atoms with E-state index in [0.717, 1.165) is 16.8 Å². The van der Waals surface area contributed by atoms with Gasteiger partial charge in [-0.1, -0.05) is 11.6 Å². The number of nitrogens with one attached hydrogen (secondary N) is 1. The number of benzene rings is 2. The summed E-state index contributed by atoms with van der Waals surface area (Å²) in [5.74, 6) is 1.18. The molecule has 0 saturated carbocycles. The lowest BCUT2D eigenvalue weighted by Gasteiger charge is -2.16. The van der Waals surface area contributed by atoms with E-state index >= 15 is 0 Å². The summed E-state index contributed by atoms with van der Waals surface area (Å²) in [7, 11) is 3.47. The number of amides is 1. The van der Waals surface area contributed by atoms with Gasteiger partial charge >= 0.3 is 0 Å². The molecule has 0 radical (unpaired) electrons. The number of hydrogen-bond acceptors (Lipinski definition) is 4. The second kappa shape index (κ2) is 9.01. The van der Waals surface area contributed by atoms with Crippen LogP contribution in [-0.4, -0.2) is 22.8 Å².